The summed E-state index contributed by atoms with van der Waals surface area (Å²) >= 11 is 0. The molecule has 1 amide bonds. The van der Waals surface area contributed by atoms with E-state index in [0.717, 1.165) is 12.8 Å². The largest absolute Gasteiger partial charge is 0.354 e. The fourth-order valence-electron chi connectivity index (χ4n) is 1.43. The number of amides is 1. The third-order valence-corrected chi connectivity index (χ3v) is 4.02. The second-order valence-corrected chi connectivity index (χ2v) is 6.32. The molecule has 0 aromatic heterocycles. The van der Waals surface area contributed by atoms with Crippen molar-refractivity contribution in [3.63, 3.8) is 0 Å². The van der Waals surface area contributed by atoms with Crippen molar-refractivity contribution < 1.29 is 4.79 Å². The number of hydrogen-bond acceptors (Lipinski definition) is 2. The zero-order chi connectivity index (χ0) is 13.7. The third-order valence-electron chi connectivity index (χ3n) is 4.02. The van der Waals surface area contributed by atoms with E-state index in [9.17, 15) is 4.79 Å². The van der Waals surface area contributed by atoms with Crippen molar-refractivity contribution in [1.29, 1.82) is 0 Å². The molecular formula is C14H30N2O. The number of nitrogens with two attached hydrogens (primary N) is 1. The predicted octanol–water partition coefficient (Wildman–Crippen LogP) is 2.69. The Bertz CT molecular complexity index is 239. The van der Waals surface area contributed by atoms with Crippen molar-refractivity contribution in [3.05, 3.63) is 0 Å². The highest BCUT2D eigenvalue weighted by atomic mass is 16.1. The van der Waals surface area contributed by atoms with E-state index in [0.29, 0.717) is 18.9 Å². The summed E-state index contributed by atoms with van der Waals surface area (Å²) in [5, 5.41) is 2.96. The first-order valence-electron chi connectivity index (χ1n) is 6.70. The molecule has 0 radical (unpaired) electrons. The maximum atomic E-state index is 11.8. The molecule has 1 atom stereocenters. The van der Waals surface area contributed by atoms with Crippen LogP contribution < -0.4 is 11.1 Å². The lowest BCUT2D eigenvalue weighted by Crippen LogP contribution is -2.49. The van der Waals surface area contributed by atoms with Crippen LogP contribution in [0.2, 0.25) is 0 Å². The van der Waals surface area contributed by atoms with Crippen molar-refractivity contribution in [2.24, 2.45) is 17.1 Å². The van der Waals surface area contributed by atoms with E-state index in [-0.39, 0.29) is 16.9 Å². The van der Waals surface area contributed by atoms with Crippen LogP contribution in [0.15, 0.2) is 0 Å². The van der Waals surface area contributed by atoms with Crippen molar-refractivity contribution >= 4 is 5.91 Å². The normalized spacial score (nSPS) is 14.5. The molecule has 102 valence electrons. The maximum absolute atomic E-state index is 11.8. The van der Waals surface area contributed by atoms with E-state index in [1.54, 1.807) is 0 Å². The first-order valence-corrected chi connectivity index (χ1v) is 6.70. The molecule has 0 aromatic carbocycles. The van der Waals surface area contributed by atoms with Crippen LogP contribution in [0.3, 0.4) is 0 Å². The Balaban J connectivity index is 4.12. The first-order chi connectivity index (χ1) is 7.64. The molecule has 0 heterocycles. The highest BCUT2D eigenvalue weighted by Crippen LogP contribution is 2.27. The number of carbonyl (C=O) groups excluding carboxylic acids is 1. The lowest BCUT2D eigenvalue weighted by Gasteiger charge is -2.29. The molecule has 1 unspecified atom stereocenters. The Hall–Kier alpha value is -0.570. The van der Waals surface area contributed by atoms with Gasteiger partial charge in [0.2, 0.25) is 5.91 Å². The van der Waals surface area contributed by atoms with Crippen LogP contribution in [-0.2, 0) is 4.79 Å². The molecule has 3 N–H and O–H groups in total. The van der Waals surface area contributed by atoms with Crippen molar-refractivity contribution in [1.82, 2.24) is 5.32 Å². The van der Waals surface area contributed by atoms with Gasteiger partial charge < -0.3 is 11.1 Å². The average molecular weight is 242 g/mol. The van der Waals surface area contributed by atoms with Crippen LogP contribution in [0, 0.1) is 11.3 Å². The van der Waals surface area contributed by atoms with Crippen molar-refractivity contribution in [2.75, 3.05) is 6.54 Å². The summed E-state index contributed by atoms with van der Waals surface area (Å²) in [6, 6.07) is 0. The summed E-state index contributed by atoms with van der Waals surface area (Å²) in [5.74, 6) is 0.488. The molecule has 0 spiro atoms. The fourth-order valence-corrected chi connectivity index (χ4v) is 1.43. The Morgan fingerprint density at radius 2 is 1.71 bits per heavy atom. The molecule has 3 heteroatoms. The molecule has 3 nitrogen and oxygen atoms in total. The van der Waals surface area contributed by atoms with Crippen LogP contribution in [0.25, 0.3) is 0 Å². The lowest BCUT2D eigenvalue weighted by atomic mass is 9.80. The maximum Gasteiger partial charge on any atom is 0.220 e. The molecule has 0 aromatic rings. The summed E-state index contributed by atoms with van der Waals surface area (Å²) in [6.07, 6.45) is 2.35. The number of carbonyl (C=O) groups is 1. The molecule has 0 bridgehead atoms. The summed E-state index contributed by atoms with van der Waals surface area (Å²) in [6.45, 7) is 13.3. The van der Waals surface area contributed by atoms with Gasteiger partial charge in [0.1, 0.15) is 0 Å². The van der Waals surface area contributed by atoms with Gasteiger partial charge in [0, 0.05) is 18.5 Å². The van der Waals surface area contributed by atoms with Crippen LogP contribution >= 0.6 is 0 Å². The van der Waals surface area contributed by atoms with Gasteiger partial charge in [0.25, 0.3) is 0 Å². The molecule has 17 heavy (non-hydrogen) atoms. The quantitative estimate of drug-likeness (QED) is 0.752. The molecule has 0 aliphatic rings. The van der Waals surface area contributed by atoms with Crippen LogP contribution in [0.1, 0.15) is 60.8 Å². The van der Waals surface area contributed by atoms with Crippen molar-refractivity contribution in [3.8, 4) is 0 Å². The first kappa shape index (κ1) is 16.4. The zero-order valence-corrected chi connectivity index (χ0v) is 12.4. The summed E-state index contributed by atoms with van der Waals surface area (Å²) in [7, 11) is 0. The Morgan fingerprint density at radius 3 is 2.06 bits per heavy atom. The van der Waals surface area contributed by atoms with E-state index in [1.165, 1.54) is 0 Å². The Labute approximate surface area is 107 Å². The smallest absolute Gasteiger partial charge is 0.220 e. The van der Waals surface area contributed by atoms with Crippen LogP contribution in [0.5, 0.6) is 0 Å². The van der Waals surface area contributed by atoms with E-state index in [2.05, 4.69) is 46.9 Å². The fraction of sp³-hybridized carbons (Fsp3) is 0.929. The standard InChI is InChI=1S/C14H30N2O/c1-7-14(15,8-2)10-16-12(17)9-11(3)13(4,5)6/h11H,7-10,15H2,1-6H3,(H,16,17). The van der Waals surface area contributed by atoms with Gasteiger partial charge in [0.15, 0.2) is 0 Å². The summed E-state index contributed by atoms with van der Waals surface area (Å²) < 4.78 is 0. The lowest BCUT2D eigenvalue weighted by molar-refractivity contribution is -0.123. The average Bonchev–Trinajstić information content (AvgIpc) is 2.24. The van der Waals surface area contributed by atoms with Gasteiger partial charge in [-0.05, 0) is 24.2 Å². The van der Waals surface area contributed by atoms with Gasteiger partial charge in [-0.1, -0.05) is 41.5 Å². The minimum absolute atomic E-state index is 0.115. The number of nitrogens with one attached hydrogen (secondary N) is 1. The van der Waals surface area contributed by atoms with Gasteiger partial charge in [-0.25, -0.2) is 0 Å². The van der Waals surface area contributed by atoms with Crippen LogP contribution in [0.4, 0.5) is 0 Å². The molecule has 0 saturated heterocycles. The molecule has 0 fully saturated rings. The minimum atomic E-state index is -0.249. The van der Waals surface area contributed by atoms with Gasteiger partial charge >= 0.3 is 0 Å². The van der Waals surface area contributed by atoms with E-state index in [1.807, 2.05) is 0 Å². The van der Waals surface area contributed by atoms with E-state index >= 15 is 0 Å². The van der Waals surface area contributed by atoms with Crippen molar-refractivity contribution in [2.45, 2.75) is 66.3 Å². The van der Waals surface area contributed by atoms with Gasteiger partial charge in [0.05, 0.1) is 0 Å². The molecule has 0 rings (SSSR count). The van der Waals surface area contributed by atoms with E-state index < -0.39 is 0 Å². The zero-order valence-electron chi connectivity index (χ0n) is 12.4. The second kappa shape index (κ2) is 6.39. The molecular weight excluding hydrogens is 212 g/mol. The Morgan fingerprint density at radius 1 is 1.24 bits per heavy atom. The third kappa shape index (κ3) is 6.06. The molecule has 0 aliphatic carbocycles. The number of rotatable bonds is 6. The number of hydrogen-bond donors (Lipinski definition) is 2. The Kier molecular flexibility index (Phi) is 6.17. The highest BCUT2D eigenvalue weighted by molar-refractivity contribution is 5.76. The minimum Gasteiger partial charge on any atom is -0.354 e. The second-order valence-electron chi connectivity index (χ2n) is 6.32. The van der Waals surface area contributed by atoms with E-state index in [4.69, 9.17) is 5.73 Å². The predicted molar refractivity (Wildman–Crippen MR) is 73.7 cm³/mol. The van der Waals surface area contributed by atoms with Gasteiger partial charge in [-0.3, -0.25) is 4.79 Å². The van der Waals surface area contributed by atoms with Gasteiger partial charge in [-0.2, -0.15) is 0 Å². The summed E-state index contributed by atoms with van der Waals surface area (Å²) in [5.41, 5.74) is 6.07. The molecule has 0 aliphatic heterocycles. The monoisotopic (exact) mass is 242 g/mol. The SMILES string of the molecule is CCC(N)(CC)CNC(=O)CC(C)C(C)(C)C. The van der Waals surface area contributed by atoms with Crippen LogP contribution in [-0.4, -0.2) is 18.0 Å². The van der Waals surface area contributed by atoms with Gasteiger partial charge in [-0.15, -0.1) is 0 Å². The topological polar surface area (TPSA) is 55.1 Å². The summed E-state index contributed by atoms with van der Waals surface area (Å²) in [4.78, 5) is 11.8. The molecule has 0 saturated carbocycles. The highest BCUT2D eigenvalue weighted by Gasteiger charge is 2.24.